The van der Waals surface area contributed by atoms with Gasteiger partial charge in [-0.25, -0.2) is 4.79 Å². The van der Waals surface area contributed by atoms with Crippen molar-refractivity contribution in [2.24, 2.45) is 0 Å². The number of carboxylic acid groups (broad SMARTS) is 1. The van der Waals surface area contributed by atoms with Gasteiger partial charge in [0.2, 0.25) is 0 Å². The van der Waals surface area contributed by atoms with Crippen LogP contribution in [0.3, 0.4) is 0 Å². The molecule has 0 radical (unpaired) electrons. The van der Waals surface area contributed by atoms with E-state index in [1.54, 1.807) is 18.4 Å². The first-order chi connectivity index (χ1) is 7.09. The zero-order valence-corrected chi connectivity index (χ0v) is 9.12. The number of benzene rings is 1. The molecule has 0 saturated carbocycles. The summed E-state index contributed by atoms with van der Waals surface area (Å²) in [6, 6.07) is 6.22. The van der Waals surface area contributed by atoms with Crippen molar-refractivity contribution < 1.29 is 18.8 Å². The first-order valence-corrected chi connectivity index (χ1v) is 6.08. The van der Waals surface area contributed by atoms with Crippen LogP contribution in [0.2, 0.25) is 0 Å². The minimum Gasteiger partial charge on any atom is -0.493 e. The fourth-order valence-electron chi connectivity index (χ4n) is 0.996. The fraction of sp³-hybridized carbons (Fsp3) is 0.300. The zero-order valence-electron chi connectivity index (χ0n) is 8.30. The molecule has 0 bridgehead atoms. The maximum absolute atomic E-state index is 10.7. The summed E-state index contributed by atoms with van der Waals surface area (Å²) in [5, 5.41) is 8.72. The fourth-order valence-corrected chi connectivity index (χ4v) is 1.31. The van der Waals surface area contributed by atoms with Crippen molar-refractivity contribution in [1.29, 1.82) is 0 Å². The smallest absolute Gasteiger partial charge is 0.335 e. The number of carbonyl (C=O) groups is 1. The Morgan fingerprint density at radius 3 is 2.87 bits per heavy atom. The van der Waals surface area contributed by atoms with Crippen molar-refractivity contribution in [2.45, 2.75) is 0 Å². The molecule has 1 rings (SSSR count). The summed E-state index contributed by atoms with van der Waals surface area (Å²) in [7, 11) is -0.895. The predicted molar refractivity (Wildman–Crippen MR) is 57.8 cm³/mol. The van der Waals surface area contributed by atoms with Crippen LogP contribution >= 0.6 is 0 Å². The Morgan fingerprint density at radius 2 is 2.27 bits per heavy atom. The molecule has 0 fully saturated rings. The molecule has 0 aliphatic heterocycles. The molecule has 1 unspecified atom stereocenters. The van der Waals surface area contributed by atoms with Gasteiger partial charge < -0.3 is 9.84 Å². The summed E-state index contributed by atoms with van der Waals surface area (Å²) in [5.41, 5.74) is 0.185. The second-order valence-corrected chi connectivity index (χ2v) is 4.51. The van der Waals surface area contributed by atoms with Crippen LogP contribution in [-0.4, -0.2) is 33.9 Å². The molecule has 1 aromatic carbocycles. The van der Waals surface area contributed by atoms with Crippen LogP contribution in [0.25, 0.3) is 0 Å². The van der Waals surface area contributed by atoms with E-state index in [2.05, 4.69) is 0 Å². The molecule has 0 aromatic heterocycles. The van der Waals surface area contributed by atoms with E-state index in [9.17, 15) is 9.00 Å². The van der Waals surface area contributed by atoms with Gasteiger partial charge in [-0.05, 0) is 18.2 Å². The van der Waals surface area contributed by atoms with Gasteiger partial charge in [0.05, 0.1) is 17.9 Å². The number of ether oxygens (including phenoxy) is 1. The molecule has 0 amide bonds. The molecule has 0 aliphatic rings. The van der Waals surface area contributed by atoms with Gasteiger partial charge in [0.1, 0.15) is 5.75 Å². The minimum atomic E-state index is -0.987. The molecule has 0 heterocycles. The number of hydrogen-bond acceptors (Lipinski definition) is 3. The third-order valence-corrected chi connectivity index (χ3v) is 2.46. The molecular weight excluding hydrogens is 216 g/mol. The van der Waals surface area contributed by atoms with E-state index in [1.165, 1.54) is 12.1 Å². The molecule has 4 nitrogen and oxygen atoms in total. The molecule has 1 N–H and O–H groups in total. The van der Waals surface area contributed by atoms with Crippen LogP contribution in [-0.2, 0) is 10.8 Å². The summed E-state index contributed by atoms with van der Waals surface area (Å²) in [6.07, 6.45) is 1.59. The van der Waals surface area contributed by atoms with E-state index in [4.69, 9.17) is 9.84 Å². The highest BCUT2D eigenvalue weighted by atomic mass is 32.2. The lowest BCUT2D eigenvalue weighted by atomic mass is 10.2. The van der Waals surface area contributed by atoms with E-state index in [1.807, 2.05) is 0 Å². The second kappa shape index (κ2) is 5.50. The normalized spacial score (nSPS) is 12.1. The highest BCUT2D eigenvalue weighted by Gasteiger charge is 2.03. The third-order valence-electron chi connectivity index (χ3n) is 1.72. The molecule has 0 saturated heterocycles. The molecule has 0 spiro atoms. The Hall–Kier alpha value is -1.36. The zero-order chi connectivity index (χ0) is 11.3. The van der Waals surface area contributed by atoms with Crippen molar-refractivity contribution in [3.05, 3.63) is 29.8 Å². The monoisotopic (exact) mass is 228 g/mol. The lowest BCUT2D eigenvalue weighted by Crippen LogP contribution is -2.07. The summed E-state index contributed by atoms with van der Waals surface area (Å²) < 4.78 is 16.0. The molecular formula is C10H12O4S. The maximum Gasteiger partial charge on any atom is 0.335 e. The average molecular weight is 228 g/mol. The molecule has 15 heavy (non-hydrogen) atoms. The third kappa shape index (κ3) is 4.12. The first kappa shape index (κ1) is 11.7. The molecule has 0 aliphatic carbocycles. The van der Waals surface area contributed by atoms with Crippen LogP contribution in [0, 0.1) is 0 Å². The second-order valence-electron chi connectivity index (χ2n) is 2.96. The SMILES string of the molecule is CS(=O)CCOc1cccc(C(=O)O)c1. The van der Waals surface area contributed by atoms with Crippen LogP contribution in [0.1, 0.15) is 10.4 Å². The Labute approximate surface area is 90.3 Å². The first-order valence-electron chi connectivity index (χ1n) is 4.36. The lowest BCUT2D eigenvalue weighted by Gasteiger charge is -2.05. The topological polar surface area (TPSA) is 63.6 Å². The van der Waals surface area contributed by atoms with Gasteiger partial charge >= 0.3 is 5.97 Å². The number of carboxylic acids is 1. The maximum atomic E-state index is 10.7. The van der Waals surface area contributed by atoms with E-state index < -0.39 is 16.8 Å². The van der Waals surface area contributed by atoms with Crippen molar-refractivity contribution >= 4 is 16.8 Å². The van der Waals surface area contributed by atoms with Crippen LogP contribution in [0.15, 0.2) is 24.3 Å². The molecule has 5 heteroatoms. The number of hydrogen-bond donors (Lipinski definition) is 1. The highest BCUT2D eigenvalue weighted by molar-refractivity contribution is 7.84. The van der Waals surface area contributed by atoms with Crippen molar-refractivity contribution in [3.8, 4) is 5.75 Å². The Balaban J connectivity index is 2.58. The van der Waals surface area contributed by atoms with Gasteiger partial charge in [-0.1, -0.05) is 6.07 Å². The molecule has 82 valence electrons. The summed E-state index contributed by atoms with van der Waals surface area (Å²) in [5.74, 6) is -0.0584. The standard InChI is InChI=1S/C10H12O4S/c1-15(13)6-5-14-9-4-2-3-8(7-9)10(11)12/h2-4,7H,5-6H2,1H3,(H,11,12). The van der Waals surface area contributed by atoms with E-state index in [0.29, 0.717) is 18.1 Å². The predicted octanol–water partition coefficient (Wildman–Crippen LogP) is 1.14. The average Bonchev–Trinajstić information content (AvgIpc) is 2.17. The van der Waals surface area contributed by atoms with Crippen molar-refractivity contribution in [2.75, 3.05) is 18.6 Å². The van der Waals surface area contributed by atoms with Crippen molar-refractivity contribution in [1.82, 2.24) is 0 Å². The van der Waals surface area contributed by atoms with Gasteiger partial charge in [-0.15, -0.1) is 0 Å². The van der Waals surface area contributed by atoms with Crippen LogP contribution < -0.4 is 4.74 Å². The quantitative estimate of drug-likeness (QED) is 0.821. The van der Waals surface area contributed by atoms with Crippen LogP contribution in [0.4, 0.5) is 0 Å². The highest BCUT2D eigenvalue weighted by Crippen LogP contribution is 2.13. The van der Waals surface area contributed by atoms with E-state index >= 15 is 0 Å². The Kier molecular flexibility index (Phi) is 4.30. The molecule has 1 atom stereocenters. The van der Waals surface area contributed by atoms with Crippen LogP contribution in [0.5, 0.6) is 5.75 Å². The van der Waals surface area contributed by atoms with E-state index in [-0.39, 0.29) is 5.56 Å². The summed E-state index contributed by atoms with van der Waals surface area (Å²) in [4.78, 5) is 10.6. The largest absolute Gasteiger partial charge is 0.493 e. The number of rotatable bonds is 5. The van der Waals surface area contributed by atoms with Gasteiger partial charge in [-0.3, -0.25) is 4.21 Å². The number of aromatic carboxylic acids is 1. The summed E-state index contributed by atoms with van der Waals surface area (Å²) in [6.45, 7) is 0.326. The summed E-state index contributed by atoms with van der Waals surface area (Å²) >= 11 is 0. The van der Waals surface area contributed by atoms with Gasteiger partial charge in [0.15, 0.2) is 0 Å². The van der Waals surface area contributed by atoms with Crippen molar-refractivity contribution in [3.63, 3.8) is 0 Å². The Morgan fingerprint density at radius 1 is 1.53 bits per heavy atom. The van der Waals surface area contributed by atoms with Gasteiger partial charge in [0, 0.05) is 17.1 Å². The molecule has 1 aromatic rings. The van der Waals surface area contributed by atoms with E-state index in [0.717, 1.165) is 0 Å². The lowest BCUT2D eigenvalue weighted by molar-refractivity contribution is 0.0696. The van der Waals surface area contributed by atoms with Gasteiger partial charge in [0.25, 0.3) is 0 Å². The minimum absolute atomic E-state index is 0.185. The Bertz CT molecular complexity index is 375. The van der Waals surface area contributed by atoms with Gasteiger partial charge in [-0.2, -0.15) is 0 Å².